The number of benzene rings is 1. The average Bonchev–Trinajstić information content (AvgIpc) is 2.91. The van der Waals surface area contributed by atoms with Crippen LogP contribution in [0.5, 0.6) is 0 Å². The second-order valence-electron chi connectivity index (χ2n) is 6.04. The van der Waals surface area contributed by atoms with Gasteiger partial charge in [0.05, 0.1) is 0 Å². The zero-order valence-corrected chi connectivity index (χ0v) is 12.9. The van der Waals surface area contributed by atoms with Crippen LogP contribution in [0.25, 0.3) is 0 Å². The van der Waals surface area contributed by atoms with E-state index in [1.165, 1.54) is 24.3 Å². The number of nitrogens with zero attached hydrogens (tertiary/aromatic N) is 1. The smallest absolute Gasteiger partial charge is 0.251 e. The number of amides is 2. The van der Waals surface area contributed by atoms with Crippen molar-refractivity contribution in [1.82, 2.24) is 10.2 Å². The van der Waals surface area contributed by atoms with Crippen LogP contribution in [-0.2, 0) is 4.79 Å². The highest BCUT2D eigenvalue weighted by Crippen LogP contribution is 2.13. The lowest BCUT2D eigenvalue weighted by molar-refractivity contribution is -0.133. The maximum Gasteiger partial charge on any atom is 0.251 e. The van der Waals surface area contributed by atoms with E-state index in [-0.39, 0.29) is 23.8 Å². The van der Waals surface area contributed by atoms with E-state index in [1.54, 1.807) is 4.90 Å². The first-order chi connectivity index (χ1) is 10.4. The molecule has 1 aromatic carbocycles. The van der Waals surface area contributed by atoms with Crippen LogP contribution in [0.2, 0.25) is 0 Å². The van der Waals surface area contributed by atoms with Gasteiger partial charge >= 0.3 is 0 Å². The quantitative estimate of drug-likeness (QED) is 0.876. The predicted octanol–water partition coefficient (Wildman–Crippen LogP) is 1.14. The molecule has 2 atom stereocenters. The number of carbonyl (C=O) groups excluding carboxylic acids is 2. The summed E-state index contributed by atoms with van der Waals surface area (Å²) in [5.74, 6) is -0.943. The molecule has 0 aromatic heterocycles. The number of carbonyl (C=O) groups is 2. The summed E-state index contributed by atoms with van der Waals surface area (Å²) in [6.45, 7) is 4.90. The minimum atomic E-state index is -0.608. The number of nitrogens with one attached hydrogen (secondary N) is 1. The fourth-order valence-corrected chi connectivity index (χ4v) is 2.52. The van der Waals surface area contributed by atoms with E-state index in [1.807, 2.05) is 13.8 Å². The Kier molecular flexibility index (Phi) is 5.13. The van der Waals surface area contributed by atoms with E-state index < -0.39 is 11.9 Å². The van der Waals surface area contributed by atoms with Crippen molar-refractivity contribution in [1.29, 1.82) is 0 Å². The second kappa shape index (κ2) is 6.87. The van der Waals surface area contributed by atoms with Gasteiger partial charge < -0.3 is 16.0 Å². The fraction of sp³-hybridized carbons (Fsp3) is 0.500. The Morgan fingerprint density at radius 3 is 2.45 bits per heavy atom. The summed E-state index contributed by atoms with van der Waals surface area (Å²) in [5.41, 5.74) is 6.16. The highest BCUT2D eigenvalue weighted by Gasteiger charge is 2.32. The first-order valence-electron chi connectivity index (χ1n) is 7.49. The molecule has 0 saturated carbocycles. The maximum atomic E-state index is 12.9. The maximum absolute atomic E-state index is 12.9. The summed E-state index contributed by atoms with van der Waals surface area (Å²) in [7, 11) is 0. The van der Waals surface area contributed by atoms with Crippen molar-refractivity contribution in [2.45, 2.75) is 32.4 Å². The third-order valence-electron chi connectivity index (χ3n) is 3.86. The van der Waals surface area contributed by atoms with Crippen LogP contribution in [0.4, 0.5) is 4.39 Å². The molecule has 1 heterocycles. The molecule has 1 aliphatic rings. The van der Waals surface area contributed by atoms with Gasteiger partial charge in [-0.3, -0.25) is 9.59 Å². The Hall–Kier alpha value is -1.95. The fourth-order valence-electron chi connectivity index (χ4n) is 2.52. The van der Waals surface area contributed by atoms with Crippen molar-refractivity contribution in [2.24, 2.45) is 11.7 Å². The van der Waals surface area contributed by atoms with Gasteiger partial charge in [0.15, 0.2) is 0 Å². The van der Waals surface area contributed by atoms with Gasteiger partial charge in [-0.2, -0.15) is 0 Å². The first-order valence-corrected chi connectivity index (χ1v) is 7.49. The Balaban J connectivity index is 2.06. The summed E-state index contributed by atoms with van der Waals surface area (Å²) in [6.07, 6.45) is 0.780. The van der Waals surface area contributed by atoms with Gasteiger partial charge in [0.1, 0.15) is 11.9 Å². The third kappa shape index (κ3) is 3.82. The number of hydrogen-bond acceptors (Lipinski definition) is 3. The molecule has 0 aliphatic carbocycles. The van der Waals surface area contributed by atoms with Gasteiger partial charge in [0.25, 0.3) is 5.91 Å². The normalized spacial score (nSPS) is 19.3. The minimum absolute atomic E-state index is 0.00422. The molecule has 1 aliphatic heterocycles. The van der Waals surface area contributed by atoms with Crippen LogP contribution < -0.4 is 11.1 Å². The Morgan fingerprint density at radius 2 is 1.95 bits per heavy atom. The Bertz CT molecular complexity index is 545. The van der Waals surface area contributed by atoms with Crippen molar-refractivity contribution in [3.05, 3.63) is 35.6 Å². The Labute approximate surface area is 129 Å². The van der Waals surface area contributed by atoms with Crippen LogP contribution in [0, 0.1) is 11.7 Å². The minimum Gasteiger partial charge on any atom is -0.340 e. The molecule has 1 aromatic rings. The van der Waals surface area contributed by atoms with E-state index in [9.17, 15) is 14.0 Å². The van der Waals surface area contributed by atoms with E-state index in [0.717, 1.165) is 6.42 Å². The van der Waals surface area contributed by atoms with Crippen molar-refractivity contribution >= 4 is 11.8 Å². The van der Waals surface area contributed by atoms with Crippen LogP contribution in [-0.4, -0.2) is 41.9 Å². The zero-order valence-electron chi connectivity index (χ0n) is 12.9. The highest BCUT2D eigenvalue weighted by atomic mass is 19.1. The highest BCUT2D eigenvalue weighted by molar-refractivity contribution is 5.97. The first kappa shape index (κ1) is 16.4. The summed E-state index contributed by atoms with van der Waals surface area (Å²) in [4.78, 5) is 26.5. The lowest BCUT2D eigenvalue weighted by Crippen LogP contribution is -2.51. The summed E-state index contributed by atoms with van der Waals surface area (Å²) >= 11 is 0. The standard InChI is InChI=1S/C16H22FN3O2/c1-10(2)14(16(22)20-8-7-13(18)9-20)19-15(21)11-3-5-12(17)6-4-11/h3-6,10,13-14H,7-9,18H2,1-2H3,(H,19,21)/t13-,14?/m1/s1. The van der Waals surface area contributed by atoms with Crippen molar-refractivity contribution < 1.29 is 14.0 Å². The number of rotatable bonds is 4. The van der Waals surface area contributed by atoms with Gasteiger partial charge in [-0.1, -0.05) is 13.8 Å². The van der Waals surface area contributed by atoms with Crippen LogP contribution in [0.3, 0.4) is 0 Å². The number of nitrogens with two attached hydrogens (primary N) is 1. The molecule has 2 rings (SSSR count). The summed E-state index contributed by atoms with van der Waals surface area (Å²) in [5, 5.41) is 2.75. The molecular formula is C16H22FN3O2. The van der Waals surface area contributed by atoms with Crippen LogP contribution in [0.1, 0.15) is 30.6 Å². The van der Waals surface area contributed by atoms with Crippen LogP contribution >= 0.6 is 0 Å². The molecule has 1 fully saturated rings. The molecule has 3 N–H and O–H groups in total. The van der Waals surface area contributed by atoms with E-state index >= 15 is 0 Å². The molecule has 1 saturated heterocycles. The van der Waals surface area contributed by atoms with Gasteiger partial charge in [0, 0.05) is 24.7 Å². The summed E-state index contributed by atoms with van der Waals surface area (Å²) < 4.78 is 12.9. The van der Waals surface area contributed by atoms with Crippen molar-refractivity contribution in [3.8, 4) is 0 Å². The lowest BCUT2D eigenvalue weighted by atomic mass is 10.0. The number of likely N-dealkylation sites (tertiary alicyclic amines) is 1. The topological polar surface area (TPSA) is 75.4 Å². The largest absolute Gasteiger partial charge is 0.340 e. The van der Waals surface area contributed by atoms with E-state index in [0.29, 0.717) is 18.7 Å². The molecule has 6 heteroatoms. The SMILES string of the molecule is CC(C)C(NC(=O)c1ccc(F)cc1)C(=O)N1CC[C@@H](N)C1. The van der Waals surface area contributed by atoms with Gasteiger partial charge in [-0.25, -0.2) is 4.39 Å². The van der Waals surface area contributed by atoms with Crippen molar-refractivity contribution in [3.63, 3.8) is 0 Å². The van der Waals surface area contributed by atoms with Crippen LogP contribution in [0.15, 0.2) is 24.3 Å². The number of halogens is 1. The van der Waals surface area contributed by atoms with Gasteiger partial charge in [-0.05, 0) is 36.6 Å². The molecule has 0 spiro atoms. The summed E-state index contributed by atoms with van der Waals surface area (Å²) in [6, 6.07) is 4.64. The molecule has 22 heavy (non-hydrogen) atoms. The third-order valence-corrected chi connectivity index (χ3v) is 3.86. The Morgan fingerprint density at radius 1 is 1.32 bits per heavy atom. The average molecular weight is 307 g/mol. The number of hydrogen-bond donors (Lipinski definition) is 2. The van der Waals surface area contributed by atoms with Gasteiger partial charge in [0.2, 0.25) is 5.91 Å². The zero-order chi connectivity index (χ0) is 16.3. The van der Waals surface area contributed by atoms with E-state index in [2.05, 4.69) is 5.32 Å². The molecule has 2 amide bonds. The molecule has 0 bridgehead atoms. The lowest BCUT2D eigenvalue weighted by Gasteiger charge is -2.26. The second-order valence-corrected chi connectivity index (χ2v) is 6.04. The molecular weight excluding hydrogens is 285 g/mol. The molecule has 120 valence electrons. The van der Waals surface area contributed by atoms with Crippen molar-refractivity contribution in [2.75, 3.05) is 13.1 Å². The molecule has 0 radical (unpaired) electrons. The molecule has 1 unspecified atom stereocenters. The van der Waals surface area contributed by atoms with Gasteiger partial charge in [-0.15, -0.1) is 0 Å². The molecule has 5 nitrogen and oxygen atoms in total. The predicted molar refractivity (Wildman–Crippen MR) is 81.7 cm³/mol. The monoisotopic (exact) mass is 307 g/mol. The van der Waals surface area contributed by atoms with E-state index in [4.69, 9.17) is 5.73 Å².